The average Bonchev–Trinajstić information content (AvgIpc) is 2.40. The lowest BCUT2D eigenvalue weighted by Gasteiger charge is -2.28. The number of unbranched alkanes of at least 4 members (excludes halogenated alkanes) is 9. The molecule has 0 aliphatic rings. The van der Waals surface area contributed by atoms with E-state index in [4.69, 9.17) is 20.4 Å². The van der Waals surface area contributed by atoms with E-state index < -0.39 is 5.09 Å². The predicted molar refractivity (Wildman–Crippen MR) is 91.1 cm³/mol. The van der Waals surface area contributed by atoms with Gasteiger partial charge in [-0.05, 0) is 12.8 Å². The summed E-state index contributed by atoms with van der Waals surface area (Å²) in [4.78, 5) is 8.25. The molecule has 0 atom stereocenters. The van der Waals surface area contributed by atoms with Gasteiger partial charge in [-0.1, -0.05) is 58.3 Å². The first-order valence-corrected chi connectivity index (χ1v) is 8.60. The molecule has 0 aromatic heterocycles. The summed E-state index contributed by atoms with van der Waals surface area (Å²) in [5.74, 6) is 0. The maximum absolute atomic E-state index is 8.95. The monoisotopic (exact) mass is 320 g/mol. The van der Waals surface area contributed by atoms with Crippen molar-refractivity contribution in [2.45, 2.75) is 71.1 Å². The van der Waals surface area contributed by atoms with Gasteiger partial charge in [-0.3, -0.25) is 0 Å². The summed E-state index contributed by atoms with van der Waals surface area (Å²) in [5, 5.41) is 23.7. The summed E-state index contributed by atoms with van der Waals surface area (Å²) in [6, 6.07) is 0. The highest BCUT2D eigenvalue weighted by Crippen LogP contribution is 2.11. The van der Waals surface area contributed by atoms with Crippen molar-refractivity contribution in [2.75, 3.05) is 33.8 Å². The molecule has 6 heteroatoms. The molecule has 0 aromatic carbocycles. The second-order valence-electron chi connectivity index (χ2n) is 6.51. The van der Waals surface area contributed by atoms with Gasteiger partial charge in [-0.2, -0.15) is 0 Å². The molecule has 1 N–H and O–H groups in total. The summed E-state index contributed by atoms with van der Waals surface area (Å²) in [5.41, 5.74) is 0. The minimum atomic E-state index is -1.75. The van der Waals surface area contributed by atoms with Crippen LogP contribution in [0.5, 0.6) is 0 Å². The van der Waals surface area contributed by atoms with Crippen LogP contribution in [0.15, 0.2) is 0 Å². The van der Waals surface area contributed by atoms with Gasteiger partial charge < -0.3 is 24.9 Å². The molecule has 0 rings (SSSR count). The van der Waals surface area contributed by atoms with E-state index in [-0.39, 0.29) is 0 Å². The minimum Gasteiger partial charge on any atom is -0.391 e. The molecule has 0 amide bonds. The molecule has 6 nitrogen and oxygen atoms in total. The molecule has 0 bridgehead atoms. The molecular weight excluding hydrogens is 284 g/mol. The Balaban J connectivity index is 0. The Morgan fingerprint density at radius 1 is 0.818 bits per heavy atom. The zero-order chi connectivity index (χ0) is 17.3. The summed E-state index contributed by atoms with van der Waals surface area (Å²) in [6.45, 7) is 4.68. The maximum Gasteiger partial charge on any atom is 0.102 e. The molecule has 134 valence electrons. The highest BCUT2D eigenvalue weighted by molar-refractivity contribution is 4.47. The van der Waals surface area contributed by atoms with E-state index >= 15 is 0 Å². The minimum absolute atomic E-state index is 0.310. The molecule has 0 aliphatic heterocycles. The molecule has 22 heavy (non-hydrogen) atoms. The first-order chi connectivity index (χ1) is 10.4. The Morgan fingerprint density at radius 3 is 1.55 bits per heavy atom. The molecule has 0 spiro atoms. The number of rotatable bonds is 13. The van der Waals surface area contributed by atoms with Crippen LogP contribution in [0, 0.1) is 15.3 Å². The van der Waals surface area contributed by atoms with Gasteiger partial charge in [-0.15, -0.1) is 0 Å². The molecule has 0 radical (unpaired) electrons. The molecule has 0 aliphatic carbocycles. The molecule has 0 fully saturated rings. The Hall–Kier alpha value is -0.880. The Bertz CT molecular complexity index is 244. The Morgan fingerprint density at radius 2 is 1.18 bits per heavy atom. The second-order valence-corrected chi connectivity index (χ2v) is 6.51. The highest BCUT2D eigenvalue weighted by atomic mass is 16.9. The third kappa shape index (κ3) is 24.2. The number of quaternary nitrogens is 1. The third-order valence-corrected chi connectivity index (χ3v) is 3.82. The summed E-state index contributed by atoms with van der Waals surface area (Å²) in [7, 11) is 4.42. The van der Waals surface area contributed by atoms with E-state index in [9.17, 15) is 0 Å². The fourth-order valence-electron chi connectivity index (χ4n) is 2.41. The van der Waals surface area contributed by atoms with Crippen molar-refractivity contribution >= 4 is 0 Å². The topological polar surface area (TPSA) is 86.4 Å². The summed E-state index contributed by atoms with van der Waals surface area (Å²) in [6.07, 6.45) is 14.0. The van der Waals surface area contributed by atoms with E-state index in [0.717, 1.165) is 11.0 Å². The summed E-state index contributed by atoms with van der Waals surface area (Å²) < 4.78 is 0.966. The lowest BCUT2D eigenvalue weighted by atomic mass is 10.1. The van der Waals surface area contributed by atoms with Crippen molar-refractivity contribution in [3.63, 3.8) is 0 Å². The van der Waals surface area contributed by atoms with Crippen molar-refractivity contribution < 1.29 is 14.7 Å². The predicted octanol–water partition coefficient (Wildman–Crippen LogP) is 3.74. The molecule has 0 unspecified atom stereocenters. The maximum atomic E-state index is 8.95. The Labute approximate surface area is 135 Å². The molecule has 0 saturated carbocycles. The van der Waals surface area contributed by atoms with Crippen LogP contribution in [0.1, 0.15) is 71.1 Å². The van der Waals surface area contributed by atoms with Crippen molar-refractivity contribution in [1.82, 2.24) is 0 Å². The first-order valence-electron chi connectivity index (χ1n) is 8.60. The van der Waals surface area contributed by atoms with Crippen LogP contribution < -0.4 is 0 Å². The summed E-state index contributed by atoms with van der Waals surface area (Å²) >= 11 is 0. The lowest BCUT2D eigenvalue weighted by molar-refractivity contribution is -0.890. The molecule has 0 heterocycles. The molecule has 0 aromatic rings. The number of likely N-dealkylation sites (N-methyl/N-ethyl adjacent to an activating group) is 1. The number of aliphatic hydroxyl groups excluding tert-OH is 1. The Kier molecular flexibility index (Phi) is 17.5. The van der Waals surface area contributed by atoms with Gasteiger partial charge in [0.15, 0.2) is 0 Å². The van der Waals surface area contributed by atoms with Crippen molar-refractivity contribution in [3.05, 3.63) is 15.3 Å². The van der Waals surface area contributed by atoms with E-state index in [1.165, 1.54) is 70.8 Å². The molecule has 0 saturated heterocycles. The van der Waals surface area contributed by atoms with Crippen LogP contribution in [-0.4, -0.2) is 48.5 Å². The number of nitrogens with zero attached hydrogens (tertiary/aromatic N) is 2. The quantitative estimate of drug-likeness (QED) is 0.242. The highest BCUT2D eigenvalue weighted by Gasteiger charge is 2.12. The van der Waals surface area contributed by atoms with Crippen LogP contribution in [0.4, 0.5) is 0 Å². The van der Waals surface area contributed by atoms with Gasteiger partial charge in [0.2, 0.25) is 0 Å². The van der Waals surface area contributed by atoms with Crippen LogP contribution in [0.3, 0.4) is 0 Å². The van der Waals surface area contributed by atoms with Gasteiger partial charge in [-0.25, -0.2) is 0 Å². The largest absolute Gasteiger partial charge is 0.391 e. The van der Waals surface area contributed by atoms with Gasteiger partial charge >= 0.3 is 0 Å². The van der Waals surface area contributed by atoms with Gasteiger partial charge in [0.1, 0.15) is 6.54 Å². The van der Waals surface area contributed by atoms with Crippen molar-refractivity contribution in [2.24, 2.45) is 0 Å². The van der Waals surface area contributed by atoms with E-state index in [0.29, 0.717) is 6.61 Å². The standard InChI is InChI=1S/C16H36NO.NO3/c1-4-5-6-7-8-9-10-11-12-13-14-17(2,3)15-16-18;2-1(3)4/h18H,4-16H2,1-3H3;/q+1;-1. The van der Waals surface area contributed by atoms with Crippen LogP contribution in [-0.2, 0) is 0 Å². The average molecular weight is 320 g/mol. The SMILES string of the molecule is CCCCCCCCCCCC[N+](C)(C)CCO.O=[N+]([O-])[O-]. The van der Waals surface area contributed by atoms with E-state index in [2.05, 4.69) is 21.0 Å². The molecular formula is C16H36N2O4. The lowest BCUT2D eigenvalue weighted by Crippen LogP contribution is -2.42. The third-order valence-electron chi connectivity index (χ3n) is 3.82. The van der Waals surface area contributed by atoms with E-state index in [1.54, 1.807) is 0 Å². The number of hydrogen-bond donors (Lipinski definition) is 1. The second kappa shape index (κ2) is 16.5. The van der Waals surface area contributed by atoms with Gasteiger partial charge in [0.25, 0.3) is 0 Å². The fraction of sp³-hybridized carbons (Fsp3) is 1.00. The number of hydrogen-bond acceptors (Lipinski definition) is 4. The van der Waals surface area contributed by atoms with Crippen LogP contribution in [0.2, 0.25) is 0 Å². The van der Waals surface area contributed by atoms with Gasteiger partial charge in [0.05, 0.1) is 32.3 Å². The normalized spacial score (nSPS) is 10.9. The van der Waals surface area contributed by atoms with Crippen molar-refractivity contribution in [1.29, 1.82) is 0 Å². The number of aliphatic hydroxyl groups is 1. The van der Waals surface area contributed by atoms with Crippen molar-refractivity contribution in [3.8, 4) is 0 Å². The fourth-order valence-corrected chi connectivity index (χ4v) is 2.41. The zero-order valence-corrected chi connectivity index (χ0v) is 14.8. The first kappa shape index (κ1) is 23.4. The smallest absolute Gasteiger partial charge is 0.102 e. The zero-order valence-electron chi connectivity index (χ0n) is 14.8. The van der Waals surface area contributed by atoms with E-state index in [1.807, 2.05) is 0 Å². The van der Waals surface area contributed by atoms with Crippen LogP contribution >= 0.6 is 0 Å². The van der Waals surface area contributed by atoms with Crippen LogP contribution in [0.25, 0.3) is 0 Å². The van der Waals surface area contributed by atoms with Gasteiger partial charge in [0, 0.05) is 0 Å².